The number of aliphatic hydroxyl groups excluding tert-OH is 1. The minimum Gasteiger partial charge on any atom is -0.389 e. The Hall–Kier alpha value is -1.56. The van der Waals surface area contributed by atoms with Crippen molar-refractivity contribution in [3.05, 3.63) is 29.8 Å². The van der Waals surface area contributed by atoms with Crippen LogP contribution < -0.4 is 0 Å². The molecular weight excluding hydrogens is 446 g/mol. The van der Waals surface area contributed by atoms with Crippen molar-refractivity contribution in [2.24, 2.45) is 0 Å². The van der Waals surface area contributed by atoms with E-state index >= 15 is 0 Å². The quantitative estimate of drug-likeness (QED) is 0.667. The largest absolute Gasteiger partial charge is 0.389 e. The lowest BCUT2D eigenvalue weighted by Gasteiger charge is -2.44. The van der Waals surface area contributed by atoms with Gasteiger partial charge in [-0.05, 0) is 38.4 Å². The van der Waals surface area contributed by atoms with Crippen LogP contribution in [0.25, 0.3) is 0 Å². The number of aryl methyl sites for hydroxylation is 1. The van der Waals surface area contributed by atoms with Gasteiger partial charge in [0.1, 0.15) is 0 Å². The molecule has 1 N–H and O–H groups in total. The van der Waals surface area contributed by atoms with Crippen LogP contribution in [-0.2, 0) is 24.3 Å². The average molecular weight is 482 g/mol. The molecule has 1 aromatic carbocycles. The van der Waals surface area contributed by atoms with Crippen molar-refractivity contribution < 1.29 is 27.8 Å². The molecule has 9 nitrogen and oxygen atoms in total. The molecule has 4 rings (SSSR count). The molecule has 184 valence electrons. The Morgan fingerprint density at radius 1 is 1.12 bits per heavy atom. The van der Waals surface area contributed by atoms with Gasteiger partial charge in [0.05, 0.1) is 48.9 Å². The Bertz CT molecular complexity index is 934. The van der Waals surface area contributed by atoms with E-state index in [1.54, 1.807) is 31.2 Å². The van der Waals surface area contributed by atoms with Gasteiger partial charge in [-0.3, -0.25) is 4.79 Å². The van der Waals surface area contributed by atoms with Crippen molar-refractivity contribution in [1.82, 2.24) is 14.1 Å². The van der Waals surface area contributed by atoms with Crippen LogP contribution in [0.1, 0.15) is 24.8 Å². The lowest BCUT2D eigenvalue weighted by atomic mass is 9.96. The third-order valence-corrected chi connectivity index (χ3v) is 8.92. The van der Waals surface area contributed by atoms with E-state index in [0.717, 1.165) is 26.2 Å². The zero-order chi connectivity index (χ0) is 23.6. The third kappa shape index (κ3) is 5.58. The Kier molecular flexibility index (Phi) is 7.72. The molecule has 0 aliphatic carbocycles. The number of sulfonamides is 1. The molecule has 3 fully saturated rings. The van der Waals surface area contributed by atoms with Crippen LogP contribution in [-0.4, -0.2) is 111 Å². The van der Waals surface area contributed by atoms with Crippen molar-refractivity contribution >= 4 is 15.9 Å². The van der Waals surface area contributed by atoms with Crippen LogP contribution in [0.5, 0.6) is 0 Å². The number of nitrogens with zero attached hydrogens (tertiary/aromatic N) is 3. The summed E-state index contributed by atoms with van der Waals surface area (Å²) in [6.07, 6.45) is -0.255. The van der Waals surface area contributed by atoms with Gasteiger partial charge in [-0.15, -0.1) is 0 Å². The lowest BCUT2D eigenvalue weighted by molar-refractivity contribution is -0.152. The van der Waals surface area contributed by atoms with Crippen molar-refractivity contribution in [1.29, 1.82) is 0 Å². The zero-order valence-electron chi connectivity index (χ0n) is 19.4. The first kappa shape index (κ1) is 24.6. The second-order valence-corrected chi connectivity index (χ2v) is 11.2. The number of amides is 1. The summed E-state index contributed by atoms with van der Waals surface area (Å²) in [5, 5.41) is 10.4. The van der Waals surface area contributed by atoms with E-state index < -0.39 is 28.3 Å². The van der Waals surface area contributed by atoms with E-state index in [9.17, 15) is 18.3 Å². The Balaban J connectivity index is 1.49. The number of likely N-dealkylation sites (N-methyl/N-ethyl adjacent to an activating group) is 1. The van der Waals surface area contributed by atoms with E-state index in [1.165, 1.54) is 4.31 Å². The SMILES string of the molecule is Cc1ccccc1S(=O)(=O)N1C[C@@H](O)COC[C@H]2O[C@@H](CC(=O)N3CCN(C)CC3)CC[C@@H]21. The normalized spacial score (nSPS) is 30.3. The van der Waals surface area contributed by atoms with Gasteiger partial charge < -0.3 is 24.4 Å². The Labute approximate surface area is 196 Å². The molecule has 0 aromatic heterocycles. The lowest BCUT2D eigenvalue weighted by Crippen LogP contribution is -2.57. The van der Waals surface area contributed by atoms with Crippen molar-refractivity contribution in [2.75, 3.05) is 53.0 Å². The van der Waals surface area contributed by atoms with Gasteiger partial charge in [0.15, 0.2) is 0 Å². The molecule has 0 spiro atoms. The fourth-order valence-corrected chi connectivity index (χ4v) is 6.87. The molecule has 3 aliphatic heterocycles. The summed E-state index contributed by atoms with van der Waals surface area (Å²) in [5.74, 6) is 0.0816. The first-order chi connectivity index (χ1) is 15.8. The standard InChI is InChI=1S/C23H35N3O6S/c1-17-5-3-4-6-22(17)33(29,30)26-14-18(27)15-31-16-21-20(26)8-7-19(32-21)13-23(28)25-11-9-24(2)10-12-25/h3-6,18-21,27H,7-16H2,1-2H3/t18-,19-,20+,21-/m1/s1. The third-order valence-electron chi connectivity index (χ3n) is 6.87. The Morgan fingerprint density at radius 2 is 1.85 bits per heavy atom. The number of fused-ring (bicyclic) bond motifs is 1. The summed E-state index contributed by atoms with van der Waals surface area (Å²) in [6.45, 7) is 5.11. The number of aliphatic hydroxyl groups is 1. The summed E-state index contributed by atoms with van der Waals surface area (Å²) in [7, 11) is -1.79. The van der Waals surface area contributed by atoms with E-state index in [4.69, 9.17) is 9.47 Å². The second kappa shape index (κ2) is 10.4. The van der Waals surface area contributed by atoms with Crippen molar-refractivity contribution in [2.45, 2.75) is 55.4 Å². The number of piperazine rings is 1. The molecule has 33 heavy (non-hydrogen) atoms. The maximum absolute atomic E-state index is 13.6. The highest BCUT2D eigenvalue weighted by Gasteiger charge is 2.43. The van der Waals surface area contributed by atoms with E-state index in [2.05, 4.69) is 11.9 Å². The number of benzene rings is 1. The highest BCUT2D eigenvalue weighted by Crippen LogP contribution is 2.32. The van der Waals surface area contributed by atoms with Gasteiger partial charge in [0.2, 0.25) is 15.9 Å². The number of rotatable bonds is 4. The van der Waals surface area contributed by atoms with Gasteiger partial charge in [-0.25, -0.2) is 8.42 Å². The summed E-state index contributed by atoms with van der Waals surface area (Å²) in [4.78, 5) is 17.1. The average Bonchev–Trinajstić information content (AvgIpc) is 2.77. The smallest absolute Gasteiger partial charge is 0.243 e. The number of carbonyl (C=O) groups is 1. The summed E-state index contributed by atoms with van der Waals surface area (Å²) < 4.78 is 40.5. The highest BCUT2D eigenvalue weighted by molar-refractivity contribution is 7.89. The molecule has 1 aromatic rings. The molecule has 0 unspecified atom stereocenters. The number of β-amino-alcohol motifs (C(OH)–C–C–N with tert-alkyl or cyclic N) is 1. The second-order valence-electron chi connectivity index (χ2n) is 9.36. The monoisotopic (exact) mass is 481 g/mol. The minimum atomic E-state index is -3.84. The molecule has 1 amide bonds. The fourth-order valence-electron chi connectivity index (χ4n) is 4.92. The van der Waals surface area contributed by atoms with Crippen LogP contribution >= 0.6 is 0 Å². The van der Waals surface area contributed by atoms with Crippen LogP contribution in [0, 0.1) is 6.92 Å². The predicted octanol–water partition coefficient (Wildman–Crippen LogP) is 0.457. The highest BCUT2D eigenvalue weighted by atomic mass is 32.2. The number of hydrogen-bond acceptors (Lipinski definition) is 7. The van der Waals surface area contributed by atoms with E-state index in [1.807, 2.05) is 4.90 Å². The topological polar surface area (TPSA) is 99.6 Å². The van der Waals surface area contributed by atoms with Gasteiger partial charge in [0.25, 0.3) is 0 Å². The first-order valence-electron chi connectivity index (χ1n) is 11.7. The van der Waals surface area contributed by atoms with Gasteiger partial charge in [-0.2, -0.15) is 4.31 Å². The minimum absolute atomic E-state index is 0.0390. The molecule has 3 saturated heterocycles. The van der Waals surface area contributed by atoms with Gasteiger partial charge in [0, 0.05) is 32.7 Å². The first-order valence-corrected chi connectivity index (χ1v) is 13.1. The van der Waals surface area contributed by atoms with Crippen LogP contribution in [0.3, 0.4) is 0 Å². The number of hydrogen-bond donors (Lipinski definition) is 1. The summed E-state index contributed by atoms with van der Waals surface area (Å²) >= 11 is 0. The molecule has 10 heteroatoms. The molecule has 0 saturated carbocycles. The van der Waals surface area contributed by atoms with Gasteiger partial charge in [-0.1, -0.05) is 18.2 Å². The zero-order valence-corrected chi connectivity index (χ0v) is 20.2. The fraction of sp³-hybridized carbons (Fsp3) is 0.696. The molecule has 3 aliphatic rings. The maximum Gasteiger partial charge on any atom is 0.243 e. The van der Waals surface area contributed by atoms with Crippen molar-refractivity contribution in [3.8, 4) is 0 Å². The van der Waals surface area contributed by atoms with E-state index in [-0.39, 0.29) is 36.7 Å². The predicted molar refractivity (Wildman–Crippen MR) is 122 cm³/mol. The number of carbonyl (C=O) groups excluding carboxylic acids is 1. The maximum atomic E-state index is 13.6. The number of ether oxygens (including phenoxy) is 2. The Morgan fingerprint density at radius 3 is 2.58 bits per heavy atom. The van der Waals surface area contributed by atoms with Crippen LogP contribution in [0.4, 0.5) is 0 Å². The summed E-state index contributed by atoms with van der Waals surface area (Å²) in [6, 6.07) is 6.42. The molecule has 4 atom stereocenters. The van der Waals surface area contributed by atoms with E-state index in [0.29, 0.717) is 24.8 Å². The summed E-state index contributed by atoms with van der Waals surface area (Å²) in [5.41, 5.74) is 0.661. The molecular formula is C23H35N3O6S. The van der Waals surface area contributed by atoms with Gasteiger partial charge >= 0.3 is 0 Å². The molecule has 0 radical (unpaired) electrons. The van der Waals surface area contributed by atoms with Crippen LogP contribution in [0.15, 0.2) is 29.2 Å². The van der Waals surface area contributed by atoms with Crippen LogP contribution in [0.2, 0.25) is 0 Å². The molecule has 0 bridgehead atoms. The van der Waals surface area contributed by atoms with Crippen molar-refractivity contribution in [3.63, 3.8) is 0 Å². The molecule has 3 heterocycles.